The Morgan fingerprint density at radius 3 is 2.35 bits per heavy atom. The van der Waals surface area contributed by atoms with Crippen LogP contribution in [-0.4, -0.2) is 58.0 Å². The molecule has 34 heavy (non-hydrogen) atoms. The minimum atomic E-state index is -0.931. The standard InChI is InChI=1S/C26H40N4O3S/c1-19(2)9-7-10-20(3)11-8-12-21(4)14-16-34-18-23(25(32)33)28-24-13-15-27-26(29-24)30(6)17-22(5)31/h9,11,13-15,23H,7-8,10,12,16-18H2,1-6H3,(H,32,33)(H,27,28,29)/b20-11+,21-14+. The molecular formula is C26H40N4O3S. The molecule has 188 valence electrons. The molecule has 0 spiro atoms. The van der Waals surface area contributed by atoms with E-state index in [0.29, 0.717) is 17.5 Å². The van der Waals surface area contributed by atoms with E-state index in [9.17, 15) is 14.7 Å². The molecule has 1 heterocycles. The SMILES string of the molecule is CC(=O)CN(C)c1nccc(NC(CSC/C=C(\C)CC/C=C(\C)CCC=C(C)C)C(=O)O)n1. The van der Waals surface area contributed by atoms with E-state index in [4.69, 9.17) is 0 Å². The zero-order valence-corrected chi connectivity index (χ0v) is 22.2. The highest BCUT2D eigenvalue weighted by Crippen LogP contribution is 2.15. The van der Waals surface area contributed by atoms with Crippen molar-refractivity contribution in [2.75, 3.05) is 35.3 Å². The number of thioether (sulfide) groups is 1. The van der Waals surface area contributed by atoms with E-state index < -0.39 is 12.0 Å². The number of ketones is 1. The van der Waals surface area contributed by atoms with Crippen LogP contribution in [0.3, 0.4) is 0 Å². The summed E-state index contributed by atoms with van der Waals surface area (Å²) in [5, 5.41) is 12.6. The Bertz CT molecular complexity index is 892. The van der Waals surface area contributed by atoms with E-state index in [-0.39, 0.29) is 12.3 Å². The molecule has 1 rings (SSSR count). The Kier molecular flexibility index (Phi) is 13.9. The Morgan fingerprint density at radius 1 is 1.09 bits per heavy atom. The number of carboxylic acid groups (broad SMARTS) is 1. The van der Waals surface area contributed by atoms with Gasteiger partial charge in [0.1, 0.15) is 17.6 Å². The van der Waals surface area contributed by atoms with E-state index in [1.807, 2.05) is 0 Å². The average molecular weight is 489 g/mol. The summed E-state index contributed by atoms with van der Waals surface area (Å²) in [6.45, 7) is 10.3. The molecule has 0 aliphatic rings. The first kappa shape index (κ1) is 29.4. The molecule has 8 heteroatoms. The van der Waals surface area contributed by atoms with Gasteiger partial charge in [-0.1, -0.05) is 34.9 Å². The Hall–Kier alpha value is -2.61. The summed E-state index contributed by atoms with van der Waals surface area (Å²) in [5.41, 5.74) is 4.11. The molecule has 0 aromatic carbocycles. The van der Waals surface area contributed by atoms with E-state index in [2.05, 4.69) is 61.2 Å². The number of aromatic nitrogens is 2. The Morgan fingerprint density at radius 2 is 1.74 bits per heavy atom. The van der Waals surface area contributed by atoms with Crippen LogP contribution in [0.4, 0.5) is 11.8 Å². The first-order valence-electron chi connectivity index (χ1n) is 11.6. The van der Waals surface area contributed by atoms with Gasteiger partial charge in [0.15, 0.2) is 0 Å². The summed E-state index contributed by atoms with van der Waals surface area (Å²) in [4.78, 5) is 33.2. The van der Waals surface area contributed by atoms with Crippen LogP contribution in [0, 0.1) is 0 Å². The number of allylic oxidation sites excluding steroid dienone is 5. The van der Waals surface area contributed by atoms with Crippen molar-refractivity contribution in [3.63, 3.8) is 0 Å². The molecule has 0 aliphatic carbocycles. The number of nitrogens with one attached hydrogen (secondary N) is 1. The fraction of sp³-hybridized carbons (Fsp3) is 0.538. The van der Waals surface area contributed by atoms with Crippen LogP contribution in [0.15, 0.2) is 47.2 Å². The van der Waals surface area contributed by atoms with Crippen molar-refractivity contribution in [2.24, 2.45) is 0 Å². The summed E-state index contributed by atoms with van der Waals surface area (Å²) >= 11 is 1.57. The summed E-state index contributed by atoms with van der Waals surface area (Å²) in [5.74, 6) is 1.03. The summed E-state index contributed by atoms with van der Waals surface area (Å²) in [6.07, 6.45) is 12.6. The molecule has 2 N–H and O–H groups in total. The molecule has 0 saturated heterocycles. The second-order valence-electron chi connectivity index (χ2n) is 8.83. The maximum absolute atomic E-state index is 11.7. The summed E-state index contributed by atoms with van der Waals surface area (Å²) < 4.78 is 0. The predicted octanol–water partition coefficient (Wildman–Crippen LogP) is 5.52. The quantitative estimate of drug-likeness (QED) is 0.232. The van der Waals surface area contributed by atoms with Crippen LogP contribution in [0.2, 0.25) is 0 Å². The number of aliphatic carboxylic acids is 1. The molecule has 0 fully saturated rings. The number of anilines is 2. The van der Waals surface area contributed by atoms with Gasteiger partial charge in [-0.3, -0.25) is 4.79 Å². The molecule has 0 saturated carbocycles. The Labute approximate surface area is 208 Å². The predicted molar refractivity (Wildman–Crippen MR) is 144 cm³/mol. The summed E-state index contributed by atoms with van der Waals surface area (Å²) in [7, 11) is 1.72. The molecule has 1 unspecified atom stereocenters. The van der Waals surface area contributed by atoms with Gasteiger partial charge in [-0.15, -0.1) is 0 Å². The van der Waals surface area contributed by atoms with Crippen molar-refractivity contribution in [1.29, 1.82) is 0 Å². The molecule has 1 aromatic rings. The number of likely N-dealkylation sites (N-methyl/N-ethyl adjacent to an activating group) is 1. The minimum Gasteiger partial charge on any atom is -0.480 e. The van der Waals surface area contributed by atoms with Gasteiger partial charge in [0.25, 0.3) is 0 Å². The molecule has 0 aliphatic heterocycles. The van der Waals surface area contributed by atoms with Gasteiger partial charge < -0.3 is 15.3 Å². The number of Topliss-reactive ketones (excluding diaryl/α,β-unsaturated/α-hetero) is 1. The summed E-state index contributed by atoms with van der Waals surface area (Å²) in [6, 6.07) is 0.858. The van der Waals surface area contributed by atoms with Crippen molar-refractivity contribution in [2.45, 2.75) is 66.3 Å². The lowest BCUT2D eigenvalue weighted by atomic mass is 10.1. The topological polar surface area (TPSA) is 95.4 Å². The number of nitrogens with zero attached hydrogens (tertiary/aromatic N) is 3. The van der Waals surface area contributed by atoms with Crippen molar-refractivity contribution in [3.8, 4) is 0 Å². The first-order valence-corrected chi connectivity index (χ1v) is 12.8. The Balaban J connectivity index is 2.49. The normalized spacial score (nSPS) is 12.8. The highest BCUT2D eigenvalue weighted by Gasteiger charge is 2.18. The average Bonchev–Trinajstić information content (AvgIpc) is 2.75. The van der Waals surface area contributed by atoms with Crippen LogP contribution < -0.4 is 10.2 Å². The van der Waals surface area contributed by atoms with E-state index >= 15 is 0 Å². The highest BCUT2D eigenvalue weighted by molar-refractivity contribution is 7.99. The van der Waals surface area contributed by atoms with Gasteiger partial charge in [-0.25, -0.2) is 9.78 Å². The van der Waals surface area contributed by atoms with Gasteiger partial charge in [-0.2, -0.15) is 16.7 Å². The lowest BCUT2D eigenvalue weighted by Gasteiger charge is -2.18. The van der Waals surface area contributed by atoms with Gasteiger partial charge in [-0.05, 0) is 66.4 Å². The fourth-order valence-electron chi connectivity index (χ4n) is 3.10. The van der Waals surface area contributed by atoms with Crippen LogP contribution in [0.5, 0.6) is 0 Å². The lowest BCUT2D eigenvalue weighted by molar-refractivity contribution is -0.137. The highest BCUT2D eigenvalue weighted by atomic mass is 32.2. The monoisotopic (exact) mass is 488 g/mol. The zero-order valence-electron chi connectivity index (χ0n) is 21.4. The van der Waals surface area contributed by atoms with Crippen molar-refractivity contribution < 1.29 is 14.7 Å². The van der Waals surface area contributed by atoms with Gasteiger partial charge in [0, 0.05) is 24.8 Å². The van der Waals surface area contributed by atoms with Crippen molar-refractivity contribution >= 4 is 35.3 Å². The van der Waals surface area contributed by atoms with E-state index in [0.717, 1.165) is 31.4 Å². The zero-order chi connectivity index (χ0) is 25.5. The maximum atomic E-state index is 11.7. The number of hydrogen-bond donors (Lipinski definition) is 2. The molecule has 7 nitrogen and oxygen atoms in total. The van der Waals surface area contributed by atoms with Crippen molar-refractivity contribution in [3.05, 3.63) is 47.2 Å². The van der Waals surface area contributed by atoms with Crippen LogP contribution >= 0.6 is 11.8 Å². The smallest absolute Gasteiger partial charge is 0.327 e. The third-order valence-corrected chi connectivity index (χ3v) is 5.99. The molecule has 1 atom stereocenters. The van der Waals surface area contributed by atoms with E-state index in [1.165, 1.54) is 23.6 Å². The number of hydrogen-bond acceptors (Lipinski definition) is 7. The number of rotatable bonds is 16. The molecule has 0 radical (unpaired) electrons. The molecule has 0 bridgehead atoms. The third kappa shape index (κ3) is 13.2. The number of carboxylic acids is 1. The van der Waals surface area contributed by atoms with Crippen LogP contribution in [0.25, 0.3) is 0 Å². The first-order chi connectivity index (χ1) is 16.1. The molecular weight excluding hydrogens is 448 g/mol. The minimum absolute atomic E-state index is 0.00162. The van der Waals surface area contributed by atoms with Crippen LogP contribution in [0.1, 0.15) is 60.3 Å². The second-order valence-corrected chi connectivity index (χ2v) is 9.91. The van der Waals surface area contributed by atoms with Gasteiger partial charge in [0.2, 0.25) is 5.95 Å². The van der Waals surface area contributed by atoms with Crippen LogP contribution in [-0.2, 0) is 9.59 Å². The van der Waals surface area contributed by atoms with Gasteiger partial charge >= 0.3 is 5.97 Å². The van der Waals surface area contributed by atoms with Crippen molar-refractivity contribution in [1.82, 2.24) is 9.97 Å². The fourth-order valence-corrected chi connectivity index (χ4v) is 4.10. The second kappa shape index (κ2) is 16.1. The molecule has 0 amide bonds. The number of carbonyl (C=O) groups is 2. The number of carbonyl (C=O) groups excluding carboxylic acids is 1. The largest absolute Gasteiger partial charge is 0.480 e. The van der Waals surface area contributed by atoms with Gasteiger partial charge in [0.05, 0.1) is 6.54 Å². The third-order valence-electron chi connectivity index (χ3n) is 5.02. The lowest BCUT2D eigenvalue weighted by Crippen LogP contribution is -2.32. The maximum Gasteiger partial charge on any atom is 0.327 e. The van der Waals surface area contributed by atoms with E-state index in [1.54, 1.807) is 36.0 Å². The molecule has 1 aromatic heterocycles.